The minimum absolute atomic E-state index is 0.0408. The maximum atomic E-state index is 14.2. The highest BCUT2D eigenvalue weighted by atomic mass is 19.3. The summed E-state index contributed by atoms with van der Waals surface area (Å²) in [5, 5.41) is 12.8. The van der Waals surface area contributed by atoms with Crippen molar-refractivity contribution >= 4 is 18.0 Å². The van der Waals surface area contributed by atoms with Gasteiger partial charge in [0.15, 0.2) is 5.69 Å². The van der Waals surface area contributed by atoms with Crippen molar-refractivity contribution in [2.75, 3.05) is 19.7 Å². The quantitative estimate of drug-likeness (QED) is 0.429. The lowest BCUT2D eigenvalue weighted by atomic mass is 9.98. The third-order valence-electron chi connectivity index (χ3n) is 5.64. The Morgan fingerprint density at radius 3 is 2.26 bits per heavy atom. The number of alkyl carbamates (subject to hydrolysis) is 1. The van der Waals surface area contributed by atoms with E-state index in [0.717, 1.165) is 22.3 Å². The zero-order chi connectivity index (χ0) is 25.0. The largest absolute Gasteiger partial charge is 0.476 e. The van der Waals surface area contributed by atoms with Crippen LogP contribution in [0, 0.1) is 0 Å². The van der Waals surface area contributed by atoms with Crippen LogP contribution in [0.5, 0.6) is 0 Å². The van der Waals surface area contributed by atoms with Crippen LogP contribution in [0.25, 0.3) is 11.1 Å². The summed E-state index contributed by atoms with van der Waals surface area (Å²) in [7, 11) is 0. The van der Waals surface area contributed by atoms with Crippen LogP contribution in [0.4, 0.5) is 13.6 Å². The van der Waals surface area contributed by atoms with E-state index in [0.29, 0.717) is 0 Å². The van der Waals surface area contributed by atoms with Crippen LogP contribution in [0.2, 0.25) is 0 Å². The number of hydrogen-bond acceptors (Lipinski definition) is 5. The van der Waals surface area contributed by atoms with E-state index < -0.39 is 30.4 Å². The molecule has 2 aromatic carbocycles. The number of hydrogen-bond donors (Lipinski definition) is 3. The predicted molar refractivity (Wildman–Crippen MR) is 120 cm³/mol. The summed E-state index contributed by atoms with van der Waals surface area (Å²) in [5.41, 5.74) is 3.85. The van der Waals surface area contributed by atoms with E-state index in [1.807, 2.05) is 53.8 Å². The number of carboxylic acids is 1. The van der Waals surface area contributed by atoms with Gasteiger partial charge < -0.3 is 25.0 Å². The average molecular weight is 484 g/mol. The number of halogens is 2. The number of fused-ring (bicyclic) bond motifs is 3. The van der Waals surface area contributed by atoms with E-state index in [2.05, 4.69) is 10.3 Å². The van der Waals surface area contributed by atoms with E-state index >= 15 is 0 Å². The number of amides is 2. The molecule has 1 aliphatic rings. The first-order chi connectivity index (χ1) is 16.8. The lowest BCUT2D eigenvalue weighted by Crippen LogP contribution is -2.48. The number of carboxylic acid groups (broad SMARTS) is 1. The molecule has 9 nitrogen and oxygen atoms in total. The molecule has 3 N–H and O–H groups in total. The number of nitrogens with one attached hydrogen (secondary N) is 2. The second kappa shape index (κ2) is 9.92. The molecule has 0 saturated carbocycles. The van der Waals surface area contributed by atoms with Crippen molar-refractivity contribution in [2.45, 2.75) is 18.4 Å². The van der Waals surface area contributed by atoms with Gasteiger partial charge in [-0.15, -0.1) is 0 Å². The van der Waals surface area contributed by atoms with E-state index in [1.54, 1.807) is 0 Å². The first-order valence-corrected chi connectivity index (χ1v) is 10.8. The summed E-state index contributed by atoms with van der Waals surface area (Å²) in [4.78, 5) is 38.4. The van der Waals surface area contributed by atoms with Crippen molar-refractivity contribution in [1.29, 1.82) is 0 Å². The summed E-state index contributed by atoms with van der Waals surface area (Å²) in [6.45, 7) is -1.42. The first kappa shape index (κ1) is 23.9. The Kier molecular flexibility index (Phi) is 6.76. The summed E-state index contributed by atoms with van der Waals surface area (Å²) < 4.78 is 34.9. The normalized spacial score (nSPS) is 12.5. The number of aromatic carboxylic acids is 1. The Labute approximate surface area is 198 Å². The molecule has 11 heteroatoms. The molecule has 4 rings (SSSR count). The van der Waals surface area contributed by atoms with Crippen LogP contribution in [0.3, 0.4) is 0 Å². The molecule has 1 aromatic heterocycles. The molecular formula is C24H22F2N4O5. The number of nitrogens with zero attached hydrogens (tertiary/aromatic N) is 2. The highest BCUT2D eigenvalue weighted by Crippen LogP contribution is 2.44. The van der Waals surface area contributed by atoms with Gasteiger partial charge in [0.25, 0.3) is 5.91 Å². The van der Waals surface area contributed by atoms with Gasteiger partial charge >= 0.3 is 18.0 Å². The third kappa shape index (κ3) is 5.29. The summed E-state index contributed by atoms with van der Waals surface area (Å²) >= 11 is 0. The third-order valence-corrected chi connectivity index (χ3v) is 5.64. The number of carbonyl (C=O) groups is 3. The number of benzene rings is 2. The van der Waals surface area contributed by atoms with Crippen LogP contribution in [0.1, 0.15) is 27.5 Å². The van der Waals surface area contributed by atoms with Gasteiger partial charge in [0, 0.05) is 25.2 Å². The SMILES string of the molecule is O=C(NCC(F)(F)C(=O)NCCn1cnc(C(=O)O)c1)OCC1c2ccccc2-c2ccccc21. The zero-order valence-corrected chi connectivity index (χ0v) is 18.4. The molecular weight excluding hydrogens is 462 g/mol. The van der Waals surface area contributed by atoms with Gasteiger partial charge in [-0.3, -0.25) is 4.79 Å². The smallest absolute Gasteiger partial charge is 0.407 e. The predicted octanol–water partition coefficient (Wildman–Crippen LogP) is 2.87. The molecule has 182 valence electrons. The van der Waals surface area contributed by atoms with Crippen LogP contribution in [-0.2, 0) is 16.1 Å². The molecule has 2 amide bonds. The number of imidazole rings is 1. The molecule has 0 aliphatic heterocycles. The molecule has 0 saturated heterocycles. The Morgan fingerprint density at radius 2 is 1.66 bits per heavy atom. The van der Waals surface area contributed by atoms with Crippen LogP contribution < -0.4 is 10.6 Å². The molecule has 0 radical (unpaired) electrons. The lowest BCUT2D eigenvalue weighted by Gasteiger charge is -2.18. The van der Waals surface area contributed by atoms with Crippen molar-refractivity contribution in [1.82, 2.24) is 20.2 Å². The maximum Gasteiger partial charge on any atom is 0.407 e. The van der Waals surface area contributed by atoms with Gasteiger partial charge in [0.2, 0.25) is 0 Å². The number of rotatable bonds is 9. The van der Waals surface area contributed by atoms with E-state index in [9.17, 15) is 23.2 Å². The maximum absolute atomic E-state index is 14.2. The number of aromatic nitrogens is 2. The highest BCUT2D eigenvalue weighted by Gasteiger charge is 2.39. The molecule has 0 atom stereocenters. The second-order valence-corrected chi connectivity index (χ2v) is 7.94. The highest BCUT2D eigenvalue weighted by molar-refractivity contribution is 5.85. The van der Waals surface area contributed by atoms with E-state index in [1.165, 1.54) is 17.1 Å². The number of carbonyl (C=O) groups excluding carboxylic acids is 2. The van der Waals surface area contributed by atoms with Gasteiger partial charge in [-0.25, -0.2) is 14.6 Å². The van der Waals surface area contributed by atoms with Crippen LogP contribution >= 0.6 is 0 Å². The van der Waals surface area contributed by atoms with Crippen molar-refractivity contribution in [3.05, 3.63) is 77.9 Å². The zero-order valence-electron chi connectivity index (χ0n) is 18.4. The molecule has 0 spiro atoms. The topological polar surface area (TPSA) is 123 Å². The molecule has 1 aliphatic carbocycles. The molecule has 3 aromatic rings. The van der Waals surface area contributed by atoms with Gasteiger partial charge in [0.05, 0.1) is 12.9 Å². The summed E-state index contributed by atoms with van der Waals surface area (Å²) in [5.74, 6) is -6.89. The Bertz CT molecular complexity index is 1210. The summed E-state index contributed by atoms with van der Waals surface area (Å²) in [6, 6.07) is 15.4. The van der Waals surface area contributed by atoms with Gasteiger partial charge in [-0.05, 0) is 22.3 Å². The molecule has 0 fully saturated rings. The Morgan fingerprint density at radius 1 is 1.03 bits per heavy atom. The fraction of sp³-hybridized carbons (Fsp3) is 0.250. The number of ether oxygens (including phenoxy) is 1. The Hall–Kier alpha value is -4.28. The summed E-state index contributed by atoms with van der Waals surface area (Å²) in [6.07, 6.45) is 1.37. The monoisotopic (exact) mass is 484 g/mol. The van der Waals surface area contributed by atoms with E-state index in [4.69, 9.17) is 9.84 Å². The fourth-order valence-electron chi connectivity index (χ4n) is 3.93. The standard InChI is InChI=1S/C24H22F2N4O5/c25-24(26,22(33)27-9-10-30-11-20(21(31)32)29-14-30)13-28-23(34)35-12-19-17-7-3-1-5-15(17)16-6-2-4-8-18(16)19/h1-8,11,14,19H,9-10,12-13H2,(H,27,33)(H,28,34)(H,31,32). The lowest BCUT2D eigenvalue weighted by molar-refractivity contribution is -0.144. The van der Waals surface area contributed by atoms with E-state index in [-0.39, 0.29) is 31.3 Å². The van der Waals surface area contributed by atoms with Crippen LogP contribution in [0.15, 0.2) is 61.1 Å². The minimum atomic E-state index is -3.87. The minimum Gasteiger partial charge on any atom is -0.476 e. The van der Waals surface area contributed by atoms with Crippen LogP contribution in [-0.4, -0.2) is 58.2 Å². The molecule has 1 heterocycles. The van der Waals surface area contributed by atoms with Gasteiger partial charge in [0.1, 0.15) is 6.61 Å². The van der Waals surface area contributed by atoms with Crippen molar-refractivity contribution in [3.63, 3.8) is 0 Å². The fourth-order valence-corrected chi connectivity index (χ4v) is 3.93. The van der Waals surface area contributed by atoms with Crippen molar-refractivity contribution in [2.24, 2.45) is 0 Å². The average Bonchev–Trinajstić information content (AvgIpc) is 3.45. The van der Waals surface area contributed by atoms with Gasteiger partial charge in [-0.2, -0.15) is 8.78 Å². The molecule has 0 unspecified atom stereocenters. The molecule has 35 heavy (non-hydrogen) atoms. The first-order valence-electron chi connectivity index (χ1n) is 10.8. The van der Waals surface area contributed by atoms with Gasteiger partial charge in [-0.1, -0.05) is 48.5 Å². The van der Waals surface area contributed by atoms with Crippen molar-refractivity contribution < 1.29 is 33.0 Å². The number of alkyl halides is 2. The second-order valence-electron chi connectivity index (χ2n) is 7.94. The molecule has 0 bridgehead atoms. The Balaban J connectivity index is 1.25. The van der Waals surface area contributed by atoms with Crippen molar-refractivity contribution in [3.8, 4) is 11.1 Å².